The number of fused-ring (bicyclic) bond motifs is 2. The number of hydrogen-bond acceptors (Lipinski definition) is 10. The molecule has 0 saturated heterocycles. The standard InChI is InChI=1S/C41H27N7O7/c1-22-2-5-25(20-43-22)45-36(49)23-3-15-31-33(18-23)40(53)47(38(31)51)27-7-11-29(12-8-27)55-30-13-9-28(10-14-30)48-39(52)32-16-4-24(19-34(32)41(48)54)37(50)46-26-6-17-35(42)44-21-26/h2-21H,1H3,(H2,42,44)(H,45,49)(H,46,50). The van der Waals surface area contributed by atoms with E-state index in [1.807, 2.05) is 6.92 Å². The van der Waals surface area contributed by atoms with Gasteiger partial charge in [-0.05, 0) is 116 Å². The predicted molar refractivity (Wildman–Crippen MR) is 202 cm³/mol. The van der Waals surface area contributed by atoms with Crippen molar-refractivity contribution in [2.45, 2.75) is 6.92 Å². The lowest BCUT2D eigenvalue weighted by Crippen LogP contribution is -2.29. The first kappa shape index (κ1) is 34.1. The fourth-order valence-electron chi connectivity index (χ4n) is 6.12. The molecule has 0 fully saturated rings. The Kier molecular flexibility index (Phi) is 8.38. The van der Waals surface area contributed by atoms with Crippen molar-refractivity contribution in [1.82, 2.24) is 9.97 Å². The van der Waals surface area contributed by atoms with E-state index >= 15 is 0 Å². The normalized spacial score (nSPS) is 13.1. The number of nitrogens with zero attached hydrogens (tertiary/aromatic N) is 4. The summed E-state index contributed by atoms with van der Waals surface area (Å²) in [7, 11) is 0. The van der Waals surface area contributed by atoms with Crippen LogP contribution in [0.3, 0.4) is 0 Å². The number of nitrogen functional groups attached to an aromatic ring is 1. The maximum atomic E-state index is 13.4. The molecule has 2 aromatic heterocycles. The van der Waals surface area contributed by atoms with Crippen LogP contribution in [0.5, 0.6) is 11.5 Å². The topological polar surface area (TPSA) is 194 Å². The van der Waals surface area contributed by atoms with Gasteiger partial charge in [-0.2, -0.15) is 0 Å². The first-order chi connectivity index (χ1) is 26.5. The lowest BCUT2D eigenvalue weighted by Gasteiger charge is -2.16. The number of aryl methyl sites for hydroxylation is 1. The van der Waals surface area contributed by atoms with Crippen LogP contribution in [0.25, 0.3) is 0 Å². The molecule has 268 valence electrons. The van der Waals surface area contributed by atoms with Crippen LogP contribution in [0.4, 0.5) is 28.6 Å². The molecule has 0 radical (unpaired) electrons. The largest absolute Gasteiger partial charge is 0.457 e. The summed E-state index contributed by atoms with van der Waals surface area (Å²) in [5.41, 5.74) is 8.84. The molecule has 0 atom stereocenters. The van der Waals surface area contributed by atoms with Crippen molar-refractivity contribution in [2.24, 2.45) is 0 Å². The first-order valence-electron chi connectivity index (χ1n) is 16.7. The molecule has 0 bridgehead atoms. The van der Waals surface area contributed by atoms with E-state index in [2.05, 4.69) is 20.6 Å². The molecule has 0 spiro atoms. The van der Waals surface area contributed by atoms with E-state index in [4.69, 9.17) is 10.5 Å². The predicted octanol–water partition coefficient (Wildman–Crippen LogP) is 6.27. The number of carbonyl (C=O) groups is 6. The first-order valence-corrected chi connectivity index (χ1v) is 16.7. The number of imide groups is 2. The highest BCUT2D eigenvalue weighted by molar-refractivity contribution is 6.35. The van der Waals surface area contributed by atoms with Crippen LogP contribution in [0.1, 0.15) is 67.8 Å². The number of benzene rings is 4. The summed E-state index contributed by atoms with van der Waals surface area (Å²) in [5.74, 6) is -2.08. The number of hydrogen-bond donors (Lipinski definition) is 3. The minimum Gasteiger partial charge on any atom is -0.457 e. The summed E-state index contributed by atoms with van der Waals surface area (Å²) in [6, 6.07) is 27.8. The van der Waals surface area contributed by atoms with Crippen molar-refractivity contribution < 1.29 is 33.5 Å². The number of ether oxygens (including phenoxy) is 1. The Morgan fingerprint density at radius 2 is 0.982 bits per heavy atom. The third kappa shape index (κ3) is 6.40. The third-order valence-electron chi connectivity index (χ3n) is 8.94. The zero-order valence-corrected chi connectivity index (χ0v) is 28.8. The molecule has 55 heavy (non-hydrogen) atoms. The number of nitrogens with two attached hydrogens (primary N) is 1. The molecule has 6 amide bonds. The number of pyridine rings is 2. The monoisotopic (exact) mass is 729 g/mol. The van der Waals surface area contributed by atoms with Gasteiger partial charge in [0.05, 0.1) is 57.4 Å². The van der Waals surface area contributed by atoms with Crippen LogP contribution in [-0.4, -0.2) is 45.4 Å². The molecular formula is C41H27N7O7. The Morgan fingerprint density at radius 1 is 0.545 bits per heavy atom. The Labute approximate surface area is 312 Å². The van der Waals surface area contributed by atoms with Crippen LogP contribution >= 0.6 is 0 Å². The van der Waals surface area contributed by atoms with Crippen molar-refractivity contribution in [3.8, 4) is 11.5 Å². The minimum absolute atomic E-state index is 0.0911. The smallest absolute Gasteiger partial charge is 0.266 e. The van der Waals surface area contributed by atoms with Crippen LogP contribution in [0, 0.1) is 6.92 Å². The van der Waals surface area contributed by atoms with Gasteiger partial charge in [-0.25, -0.2) is 14.8 Å². The van der Waals surface area contributed by atoms with E-state index in [0.29, 0.717) is 40.1 Å². The Balaban J connectivity index is 0.918. The lowest BCUT2D eigenvalue weighted by molar-refractivity contribution is 0.0910. The van der Waals surface area contributed by atoms with Crippen molar-refractivity contribution in [3.05, 3.63) is 161 Å². The van der Waals surface area contributed by atoms with Crippen molar-refractivity contribution >= 4 is 64.0 Å². The third-order valence-corrected chi connectivity index (χ3v) is 8.94. The average Bonchev–Trinajstić information content (AvgIpc) is 3.60. The quantitative estimate of drug-likeness (QED) is 0.150. The molecule has 14 nitrogen and oxygen atoms in total. The highest BCUT2D eigenvalue weighted by atomic mass is 16.5. The summed E-state index contributed by atoms with van der Waals surface area (Å²) in [6.45, 7) is 1.83. The number of nitrogens with one attached hydrogen (secondary N) is 2. The second-order valence-electron chi connectivity index (χ2n) is 12.6. The maximum absolute atomic E-state index is 13.4. The highest BCUT2D eigenvalue weighted by Gasteiger charge is 2.38. The lowest BCUT2D eigenvalue weighted by atomic mass is 10.1. The van der Waals surface area contributed by atoms with E-state index < -0.39 is 35.4 Å². The Hall–Kier alpha value is -8.00. The van der Waals surface area contributed by atoms with Gasteiger partial charge in [0.2, 0.25) is 0 Å². The molecule has 14 heteroatoms. The number of anilines is 5. The maximum Gasteiger partial charge on any atom is 0.266 e. The van der Waals surface area contributed by atoms with Crippen molar-refractivity contribution in [1.29, 1.82) is 0 Å². The van der Waals surface area contributed by atoms with Gasteiger partial charge in [-0.1, -0.05) is 0 Å². The van der Waals surface area contributed by atoms with Crippen molar-refractivity contribution in [3.63, 3.8) is 0 Å². The molecule has 4 aromatic carbocycles. The highest BCUT2D eigenvalue weighted by Crippen LogP contribution is 2.34. The van der Waals surface area contributed by atoms with Gasteiger partial charge in [0.1, 0.15) is 17.3 Å². The number of rotatable bonds is 8. The van der Waals surface area contributed by atoms with E-state index in [-0.39, 0.29) is 33.4 Å². The van der Waals surface area contributed by atoms with E-state index in [1.54, 1.807) is 66.7 Å². The number of aromatic nitrogens is 2. The molecule has 0 aliphatic carbocycles. The fourth-order valence-corrected chi connectivity index (χ4v) is 6.12. The zero-order valence-electron chi connectivity index (χ0n) is 28.8. The summed E-state index contributed by atoms with van der Waals surface area (Å²) in [6.07, 6.45) is 2.94. The van der Waals surface area contributed by atoms with E-state index in [9.17, 15) is 28.8 Å². The molecule has 4 heterocycles. The molecule has 6 aromatic rings. The number of amides is 6. The van der Waals surface area contributed by atoms with Gasteiger partial charge in [0.15, 0.2) is 0 Å². The molecule has 4 N–H and O–H groups in total. The van der Waals surface area contributed by atoms with E-state index in [0.717, 1.165) is 15.5 Å². The van der Waals surface area contributed by atoms with Gasteiger partial charge < -0.3 is 21.1 Å². The molecular weight excluding hydrogens is 702 g/mol. The second kappa shape index (κ2) is 13.5. The fraction of sp³-hybridized carbons (Fsp3) is 0.0244. The summed E-state index contributed by atoms with van der Waals surface area (Å²) in [4.78, 5) is 89.1. The molecule has 8 rings (SSSR count). The van der Waals surface area contributed by atoms with Crippen LogP contribution in [-0.2, 0) is 0 Å². The summed E-state index contributed by atoms with van der Waals surface area (Å²) >= 11 is 0. The van der Waals surface area contributed by atoms with Gasteiger partial charge in [0.25, 0.3) is 35.4 Å². The Bertz CT molecular complexity index is 2410. The molecule has 2 aliphatic heterocycles. The van der Waals surface area contributed by atoms with Crippen molar-refractivity contribution in [2.75, 3.05) is 26.2 Å². The van der Waals surface area contributed by atoms with Crippen LogP contribution in [0.2, 0.25) is 0 Å². The second-order valence-corrected chi connectivity index (χ2v) is 12.6. The van der Waals surface area contributed by atoms with Crippen LogP contribution in [0.15, 0.2) is 122 Å². The Morgan fingerprint density at radius 3 is 1.40 bits per heavy atom. The summed E-state index contributed by atoms with van der Waals surface area (Å²) in [5, 5.41) is 5.42. The van der Waals surface area contributed by atoms with Gasteiger partial charge in [-0.3, -0.25) is 33.8 Å². The van der Waals surface area contributed by atoms with Gasteiger partial charge in [-0.15, -0.1) is 0 Å². The summed E-state index contributed by atoms with van der Waals surface area (Å²) < 4.78 is 5.96. The van der Waals surface area contributed by atoms with E-state index in [1.165, 1.54) is 54.9 Å². The molecule has 2 aliphatic rings. The zero-order chi connectivity index (χ0) is 38.4. The van der Waals surface area contributed by atoms with Gasteiger partial charge >= 0.3 is 0 Å². The number of carbonyl (C=O) groups excluding carboxylic acids is 6. The minimum atomic E-state index is -0.583. The van der Waals surface area contributed by atoms with Crippen LogP contribution < -0.4 is 30.9 Å². The molecule has 0 unspecified atom stereocenters. The average molecular weight is 730 g/mol. The van der Waals surface area contributed by atoms with Gasteiger partial charge in [0, 0.05) is 16.8 Å². The SMILES string of the molecule is Cc1ccc(NC(=O)c2ccc3c(c2)C(=O)N(c2ccc(Oc4ccc(N5C(=O)c6ccc(C(=O)Nc7ccc(N)nc7)cc6C5=O)cc4)cc2)C3=O)cn1. The molecule has 0 saturated carbocycles.